The zero-order valence-electron chi connectivity index (χ0n) is 23.4. The Morgan fingerprint density at radius 1 is 1.11 bits per heavy atom. The van der Waals surface area contributed by atoms with E-state index in [1.165, 1.54) is 0 Å². The van der Waals surface area contributed by atoms with E-state index in [4.69, 9.17) is 9.47 Å². The number of anilines is 1. The van der Waals surface area contributed by atoms with E-state index >= 15 is 0 Å². The van der Waals surface area contributed by atoms with Crippen LogP contribution in [0.3, 0.4) is 0 Å². The van der Waals surface area contributed by atoms with Gasteiger partial charge in [-0.2, -0.15) is 0 Å². The topological polar surface area (TPSA) is 79.3 Å². The molecule has 7 nitrogen and oxygen atoms in total. The van der Waals surface area contributed by atoms with Gasteiger partial charge in [0.15, 0.2) is 0 Å². The molecule has 1 N–H and O–H groups in total. The SMILES string of the molecule is CCN(CC)c1ccc(C2/C(=C(/O)c3ccc(OC)c(C(C)(C)C)c3)C(=O)C(=O)N2CC2CCCO2)cc1. The highest BCUT2D eigenvalue weighted by atomic mass is 16.5. The quantitative estimate of drug-likeness (QED) is 0.284. The van der Waals surface area contributed by atoms with E-state index in [9.17, 15) is 14.7 Å². The van der Waals surface area contributed by atoms with Gasteiger partial charge in [0.05, 0.1) is 24.8 Å². The molecule has 2 atom stereocenters. The van der Waals surface area contributed by atoms with Crippen molar-refractivity contribution in [3.05, 3.63) is 64.7 Å². The Bertz CT molecular complexity index is 1200. The maximum atomic E-state index is 13.5. The number of ketones is 1. The summed E-state index contributed by atoms with van der Waals surface area (Å²) in [5.41, 5.74) is 3.08. The van der Waals surface area contributed by atoms with Gasteiger partial charge in [0, 0.05) is 43.1 Å². The van der Waals surface area contributed by atoms with E-state index in [-0.39, 0.29) is 22.9 Å². The second-order valence-electron chi connectivity index (χ2n) is 11.0. The fraction of sp³-hybridized carbons (Fsp3) is 0.484. The van der Waals surface area contributed by atoms with Crippen molar-refractivity contribution in [1.82, 2.24) is 4.90 Å². The first-order valence-corrected chi connectivity index (χ1v) is 13.5. The molecule has 0 radical (unpaired) electrons. The Hall–Kier alpha value is -3.32. The highest BCUT2D eigenvalue weighted by Gasteiger charge is 2.47. The molecule has 0 spiro atoms. The van der Waals surface area contributed by atoms with Gasteiger partial charge in [-0.05, 0) is 68.0 Å². The van der Waals surface area contributed by atoms with Crippen LogP contribution < -0.4 is 9.64 Å². The van der Waals surface area contributed by atoms with Gasteiger partial charge in [0.2, 0.25) is 0 Å². The molecule has 4 rings (SSSR count). The summed E-state index contributed by atoms with van der Waals surface area (Å²) in [4.78, 5) is 30.7. The number of carbonyl (C=O) groups is 2. The van der Waals surface area contributed by atoms with Crippen molar-refractivity contribution in [2.24, 2.45) is 0 Å². The molecule has 0 aliphatic carbocycles. The number of hydrogen-bond donors (Lipinski definition) is 1. The Balaban J connectivity index is 1.84. The molecule has 2 saturated heterocycles. The van der Waals surface area contributed by atoms with Gasteiger partial charge in [0.1, 0.15) is 11.5 Å². The Kier molecular flexibility index (Phi) is 8.16. The number of ether oxygens (including phenoxy) is 2. The van der Waals surface area contributed by atoms with Gasteiger partial charge in [-0.3, -0.25) is 9.59 Å². The van der Waals surface area contributed by atoms with Crippen molar-refractivity contribution < 1.29 is 24.2 Å². The van der Waals surface area contributed by atoms with E-state index < -0.39 is 17.7 Å². The summed E-state index contributed by atoms with van der Waals surface area (Å²) in [6.07, 6.45) is 1.64. The minimum absolute atomic E-state index is 0.105. The molecule has 2 fully saturated rings. The van der Waals surface area contributed by atoms with E-state index in [0.717, 1.165) is 42.7 Å². The number of aliphatic hydroxyl groups is 1. The van der Waals surface area contributed by atoms with E-state index in [0.29, 0.717) is 24.5 Å². The third kappa shape index (κ3) is 5.30. The zero-order valence-corrected chi connectivity index (χ0v) is 23.4. The largest absolute Gasteiger partial charge is 0.507 e. The number of likely N-dealkylation sites (tertiary alicyclic amines) is 1. The molecule has 204 valence electrons. The van der Waals surface area contributed by atoms with E-state index in [1.807, 2.05) is 30.3 Å². The van der Waals surface area contributed by atoms with Crippen LogP contribution in [0.25, 0.3) is 5.76 Å². The van der Waals surface area contributed by atoms with Gasteiger partial charge in [-0.1, -0.05) is 32.9 Å². The first-order chi connectivity index (χ1) is 18.1. The van der Waals surface area contributed by atoms with E-state index in [1.54, 1.807) is 24.1 Å². The molecule has 0 saturated carbocycles. The van der Waals surface area contributed by atoms with Crippen LogP contribution in [0.2, 0.25) is 0 Å². The summed E-state index contributed by atoms with van der Waals surface area (Å²) >= 11 is 0. The predicted octanol–water partition coefficient (Wildman–Crippen LogP) is 5.44. The number of carbonyl (C=O) groups excluding carboxylic acids is 2. The lowest BCUT2D eigenvalue weighted by Crippen LogP contribution is -2.36. The number of nitrogens with zero attached hydrogens (tertiary/aromatic N) is 2. The van der Waals surface area contributed by atoms with Crippen molar-refractivity contribution >= 4 is 23.1 Å². The lowest BCUT2D eigenvalue weighted by Gasteiger charge is -2.28. The second kappa shape index (κ2) is 11.2. The standard InChI is InChI=1S/C31H40N2O5/c1-7-32(8-2)22-14-11-20(12-15-22)27-26(29(35)30(36)33(27)19-23-10-9-17-38-23)28(34)21-13-16-25(37-6)24(18-21)31(3,4)5/h11-16,18,23,27,34H,7-10,17,19H2,1-6H3/b28-26-. The number of amides is 1. The summed E-state index contributed by atoms with van der Waals surface area (Å²) in [6, 6.07) is 12.6. The fourth-order valence-electron chi connectivity index (χ4n) is 5.48. The van der Waals surface area contributed by atoms with Crippen LogP contribution in [0.15, 0.2) is 48.0 Å². The maximum absolute atomic E-state index is 13.5. The van der Waals surface area contributed by atoms with Crippen molar-refractivity contribution in [3.63, 3.8) is 0 Å². The summed E-state index contributed by atoms with van der Waals surface area (Å²) in [6.45, 7) is 13.1. The van der Waals surface area contributed by atoms with E-state index in [2.05, 4.69) is 39.5 Å². The summed E-state index contributed by atoms with van der Waals surface area (Å²) in [5, 5.41) is 11.6. The Morgan fingerprint density at radius 2 is 1.79 bits per heavy atom. The van der Waals surface area contributed by atoms with Crippen LogP contribution in [0.4, 0.5) is 5.69 Å². The molecule has 2 heterocycles. The molecular formula is C31H40N2O5. The first kappa shape index (κ1) is 27.7. The van der Waals surface area contributed by atoms with Crippen molar-refractivity contribution in [2.45, 2.75) is 65.0 Å². The molecule has 2 aliphatic heterocycles. The zero-order chi connectivity index (χ0) is 27.6. The lowest BCUT2D eigenvalue weighted by atomic mass is 9.84. The third-order valence-electron chi connectivity index (χ3n) is 7.58. The third-order valence-corrected chi connectivity index (χ3v) is 7.58. The molecule has 2 aromatic carbocycles. The van der Waals surface area contributed by atoms with Crippen LogP contribution in [0.1, 0.15) is 70.2 Å². The molecule has 2 unspecified atom stereocenters. The monoisotopic (exact) mass is 520 g/mol. The molecule has 7 heteroatoms. The number of benzene rings is 2. The van der Waals surface area contributed by atoms with Gasteiger partial charge >= 0.3 is 0 Å². The van der Waals surface area contributed by atoms with Crippen LogP contribution in [-0.4, -0.2) is 61.2 Å². The summed E-state index contributed by atoms with van der Waals surface area (Å²) in [7, 11) is 1.61. The van der Waals surface area contributed by atoms with Crippen molar-refractivity contribution in [1.29, 1.82) is 0 Å². The van der Waals surface area contributed by atoms with Crippen molar-refractivity contribution in [3.8, 4) is 5.75 Å². The Morgan fingerprint density at radius 3 is 2.34 bits per heavy atom. The number of methoxy groups -OCH3 is 1. The van der Waals surface area contributed by atoms with Gasteiger partial charge in [-0.15, -0.1) is 0 Å². The van der Waals surface area contributed by atoms with Gasteiger partial charge in [0.25, 0.3) is 11.7 Å². The molecule has 38 heavy (non-hydrogen) atoms. The molecule has 1 amide bonds. The molecule has 0 aromatic heterocycles. The summed E-state index contributed by atoms with van der Waals surface area (Å²) in [5.74, 6) is -0.753. The van der Waals surface area contributed by atoms with Crippen LogP contribution in [0, 0.1) is 0 Å². The fourth-order valence-corrected chi connectivity index (χ4v) is 5.48. The second-order valence-corrected chi connectivity index (χ2v) is 11.0. The summed E-state index contributed by atoms with van der Waals surface area (Å²) < 4.78 is 11.4. The molecule has 2 aromatic rings. The molecule has 2 aliphatic rings. The molecule has 0 bridgehead atoms. The molecular weight excluding hydrogens is 480 g/mol. The Labute approximate surface area is 226 Å². The smallest absolute Gasteiger partial charge is 0.295 e. The minimum atomic E-state index is -0.704. The predicted molar refractivity (Wildman–Crippen MR) is 150 cm³/mol. The van der Waals surface area contributed by atoms with Gasteiger partial charge < -0.3 is 24.4 Å². The van der Waals surface area contributed by atoms with Crippen LogP contribution >= 0.6 is 0 Å². The highest BCUT2D eigenvalue weighted by molar-refractivity contribution is 6.46. The number of aliphatic hydroxyl groups excluding tert-OH is 1. The normalized spacial score (nSPS) is 21.3. The maximum Gasteiger partial charge on any atom is 0.295 e. The van der Waals surface area contributed by atoms with Gasteiger partial charge in [-0.25, -0.2) is 0 Å². The van der Waals surface area contributed by atoms with Crippen molar-refractivity contribution in [2.75, 3.05) is 38.3 Å². The highest BCUT2D eigenvalue weighted by Crippen LogP contribution is 2.42. The first-order valence-electron chi connectivity index (χ1n) is 13.5. The lowest BCUT2D eigenvalue weighted by molar-refractivity contribution is -0.140. The number of hydrogen-bond acceptors (Lipinski definition) is 6. The average Bonchev–Trinajstić information content (AvgIpc) is 3.51. The number of rotatable bonds is 8. The number of Topliss-reactive ketones (excluding diaryl/α,β-unsaturated/α-hetero) is 1. The van der Waals surface area contributed by atoms with Crippen LogP contribution in [0.5, 0.6) is 5.75 Å². The average molecular weight is 521 g/mol. The minimum Gasteiger partial charge on any atom is -0.507 e. The van der Waals surface area contributed by atoms with Crippen LogP contribution in [-0.2, 0) is 19.7 Å².